The normalized spacial score (nSPS) is 16.4. The highest BCUT2D eigenvalue weighted by atomic mass is 35.5. The van der Waals surface area contributed by atoms with Crippen molar-refractivity contribution >= 4 is 28.9 Å². The minimum Gasteiger partial charge on any atom is -0.367 e. The molecule has 0 bridgehead atoms. The van der Waals surface area contributed by atoms with Crippen molar-refractivity contribution in [2.45, 2.75) is 26.3 Å². The van der Waals surface area contributed by atoms with Crippen molar-refractivity contribution in [1.82, 2.24) is 31.2 Å². The molecule has 2 aliphatic rings. The maximum atomic E-state index is 13.9. The van der Waals surface area contributed by atoms with Crippen LogP contribution in [-0.2, 0) is 6.54 Å². The number of rotatable bonds is 4. The van der Waals surface area contributed by atoms with Crippen LogP contribution in [0.5, 0.6) is 0 Å². The molecule has 10 heteroatoms. The van der Waals surface area contributed by atoms with Crippen LogP contribution < -0.4 is 16.2 Å². The summed E-state index contributed by atoms with van der Waals surface area (Å²) in [7, 11) is 0. The van der Waals surface area contributed by atoms with Gasteiger partial charge >= 0.3 is 0 Å². The summed E-state index contributed by atoms with van der Waals surface area (Å²) in [6, 6.07) is 2.78. The van der Waals surface area contributed by atoms with Gasteiger partial charge in [0.2, 0.25) is 0 Å². The maximum Gasteiger partial charge on any atom is 0.275 e. The minimum atomic E-state index is -0.489. The SMILES string of the molecule is CC(C)c1noc(C2=CC3=C(NCCN3Cc3c(Cl)ccc(F)c3Cl)NN2)n1. The van der Waals surface area contributed by atoms with Crippen LogP contribution in [0.3, 0.4) is 0 Å². The van der Waals surface area contributed by atoms with Gasteiger partial charge in [0.15, 0.2) is 5.82 Å². The van der Waals surface area contributed by atoms with Crippen LogP contribution in [0.25, 0.3) is 5.70 Å². The second-order valence-corrected chi connectivity index (χ2v) is 7.64. The fourth-order valence-electron chi connectivity index (χ4n) is 3.02. The first kappa shape index (κ1) is 18.9. The lowest BCUT2D eigenvalue weighted by Gasteiger charge is -2.36. The van der Waals surface area contributed by atoms with Crippen LogP contribution >= 0.6 is 23.2 Å². The molecule has 0 fully saturated rings. The van der Waals surface area contributed by atoms with Gasteiger partial charge in [0.1, 0.15) is 17.3 Å². The molecule has 0 amide bonds. The summed E-state index contributed by atoms with van der Waals surface area (Å²) in [6.45, 7) is 5.75. The van der Waals surface area contributed by atoms with Gasteiger partial charge in [0.25, 0.3) is 5.89 Å². The van der Waals surface area contributed by atoms with E-state index in [1.807, 2.05) is 19.9 Å². The minimum absolute atomic E-state index is 0.0396. The highest BCUT2D eigenvalue weighted by Crippen LogP contribution is 2.31. The molecule has 0 spiro atoms. The molecule has 0 saturated carbocycles. The lowest BCUT2D eigenvalue weighted by Crippen LogP contribution is -2.48. The Bertz CT molecular complexity index is 971. The average molecular weight is 425 g/mol. The predicted molar refractivity (Wildman–Crippen MR) is 104 cm³/mol. The average Bonchev–Trinajstić information content (AvgIpc) is 3.18. The van der Waals surface area contributed by atoms with E-state index >= 15 is 0 Å². The highest BCUT2D eigenvalue weighted by Gasteiger charge is 2.26. The van der Waals surface area contributed by atoms with Crippen molar-refractivity contribution in [2.75, 3.05) is 13.1 Å². The first-order chi connectivity index (χ1) is 13.4. The van der Waals surface area contributed by atoms with E-state index in [0.29, 0.717) is 47.6 Å². The van der Waals surface area contributed by atoms with Crippen LogP contribution in [0.15, 0.2) is 34.2 Å². The number of allylic oxidation sites excluding steroid dienone is 1. The zero-order valence-electron chi connectivity index (χ0n) is 15.3. The lowest BCUT2D eigenvalue weighted by atomic mass is 10.1. The van der Waals surface area contributed by atoms with Gasteiger partial charge in [-0.25, -0.2) is 4.39 Å². The number of nitrogens with one attached hydrogen (secondary N) is 3. The molecule has 2 aliphatic heterocycles. The number of nitrogens with zero attached hydrogens (tertiary/aromatic N) is 3. The number of aromatic nitrogens is 2. The van der Waals surface area contributed by atoms with Crippen molar-refractivity contribution in [3.8, 4) is 0 Å². The fraction of sp³-hybridized carbons (Fsp3) is 0.333. The van der Waals surface area contributed by atoms with Gasteiger partial charge in [-0.15, -0.1) is 0 Å². The van der Waals surface area contributed by atoms with Crippen LogP contribution in [-0.4, -0.2) is 28.1 Å². The Morgan fingerprint density at radius 3 is 2.86 bits per heavy atom. The number of halogens is 3. The smallest absolute Gasteiger partial charge is 0.275 e. The molecule has 1 aromatic carbocycles. The van der Waals surface area contributed by atoms with Gasteiger partial charge in [-0.1, -0.05) is 42.2 Å². The van der Waals surface area contributed by atoms with Crippen molar-refractivity contribution in [3.63, 3.8) is 0 Å². The third-order valence-electron chi connectivity index (χ3n) is 4.56. The third-order valence-corrected chi connectivity index (χ3v) is 5.32. The first-order valence-corrected chi connectivity index (χ1v) is 9.62. The van der Waals surface area contributed by atoms with Gasteiger partial charge in [-0.2, -0.15) is 4.98 Å². The van der Waals surface area contributed by atoms with E-state index < -0.39 is 5.82 Å². The van der Waals surface area contributed by atoms with Gasteiger partial charge in [0.05, 0.1) is 10.7 Å². The molecule has 3 N–H and O–H groups in total. The summed E-state index contributed by atoms with van der Waals surface area (Å²) in [5, 5.41) is 7.75. The van der Waals surface area contributed by atoms with Crippen molar-refractivity contribution < 1.29 is 8.91 Å². The summed E-state index contributed by atoms with van der Waals surface area (Å²) in [6.07, 6.45) is 1.90. The maximum absolute atomic E-state index is 13.9. The number of benzene rings is 1. The van der Waals surface area contributed by atoms with Crippen LogP contribution in [0.1, 0.15) is 37.0 Å². The van der Waals surface area contributed by atoms with Crippen LogP contribution in [0.2, 0.25) is 10.0 Å². The zero-order chi connectivity index (χ0) is 19.8. The predicted octanol–water partition coefficient (Wildman–Crippen LogP) is 3.36. The fourth-order valence-corrected chi connectivity index (χ4v) is 3.51. The van der Waals surface area contributed by atoms with E-state index in [4.69, 9.17) is 27.7 Å². The third kappa shape index (κ3) is 3.49. The van der Waals surface area contributed by atoms with Gasteiger partial charge in [-0.3, -0.25) is 10.9 Å². The Labute approximate surface area is 171 Å². The van der Waals surface area contributed by atoms with E-state index in [0.717, 1.165) is 11.5 Å². The lowest BCUT2D eigenvalue weighted by molar-refractivity contribution is 0.308. The molecule has 0 atom stereocenters. The Kier molecular flexibility index (Phi) is 5.07. The number of hydrazine groups is 1. The van der Waals surface area contributed by atoms with Gasteiger partial charge in [0, 0.05) is 36.1 Å². The Morgan fingerprint density at radius 1 is 1.29 bits per heavy atom. The van der Waals surface area contributed by atoms with Crippen LogP contribution in [0, 0.1) is 5.82 Å². The molecule has 3 heterocycles. The monoisotopic (exact) mass is 424 g/mol. The number of hydrogen-bond donors (Lipinski definition) is 3. The van der Waals surface area contributed by atoms with E-state index in [9.17, 15) is 4.39 Å². The second kappa shape index (κ2) is 7.52. The Hall–Kier alpha value is -2.45. The molecular weight excluding hydrogens is 406 g/mol. The molecule has 148 valence electrons. The number of hydrogen-bond acceptors (Lipinski definition) is 7. The van der Waals surface area contributed by atoms with Crippen molar-refractivity contribution in [3.05, 3.63) is 62.9 Å². The summed E-state index contributed by atoms with van der Waals surface area (Å²) in [4.78, 5) is 6.48. The molecule has 1 aromatic heterocycles. The van der Waals surface area contributed by atoms with Gasteiger partial charge < -0.3 is 14.7 Å². The zero-order valence-corrected chi connectivity index (χ0v) is 16.8. The highest BCUT2D eigenvalue weighted by molar-refractivity contribution is 6.36. The molecule has 7 nitrogen and oxygen atoms in total. The molecule has 0 radical (unpaired) electrons. The second-order valence-electron chi connectivity index (χ2n) is 6.85. The quantitative estimate of drug-likeness (QED) is 0.649. The van der Waals surface area contributed by atoms with Gasteiger partial charge in [-0.05, 0) is 18.2 Å². The van der Waals surface area contributed by atoms with E-state index in [1.165, 1.54) is 12.1 Å². The standard InChI is InChI=1S/C18H19Cl2FN6O/c1-9(2)16-23-18(28-26-16)13-7-14-17(25-24-13)22-5-6-27(14)8-10-11(19)3-4-12(21)15(10)20/h3-4,7,9,22,24-25H,5-6,8H2,1-2H3. The van der Waals surface area contributed by atoms with E-state index in [-0.39, 0.29) is 10.9 Å². The molecule has 0 unspecified atom stereocenters. The van der Waals surface area contributed by atoms with E-state index in [1.54, 1.807) is 0 Å². The summed E-state index contributed by atoms with van der Waals surface area (Å²) >= 11 is 12.4. The molecule has 28 heavy (non-hydrogen) atoms. The topological polar surface area (TPSA) is 78.2 Å². The molecule has 0 saturated heterocycles. The molecule has 2 aromatic rings. The molecular formula is C18H19Cl2FN6O. The van der Waals surface area contributed by atoms with E-state index in [2.05, 4.69) is 31.2 Å². The Balaban J connectivity index is 1.65. The Morgan fingerprint density at radius 2 is 2.11 bits per heavy atom. The molecule has 4 rings (SSSR count). The van der Waals surface area contributed by atoms with Crippen LogP contribution in [0.4, 0.5) is 4.39 Å². The summed E-state index contributed by atoms with van der Waals surface area (Å²) < 4.78 is 19.3. The molecule has 0 aliphatic carbocycles. The summed E-state index contributed by atoms with van der Waals surface area (Å²) in [5.41, 5.74) is 8.21. The van der Waals surface area contributed by atoms with Crippen molar-refractivity contribution in [2.24, 2.45) is 0 Å². The largest absolute Gasteiger partial charge is 0.367 e. The summed E-state index contributed by atoms with van der Waals surface area (Å²) in [5.74, 6) is 1.48. The first-order valence-electron chi connectivity index (χ1n) is 8.87. The van der Waals surface area contributed by atoms with Crippen molar-refractivity contribution in [1.29, 1.82) is 0 Å².